The van der Waals surface area contributed by atoms with Crippen LogP contribution in [0.3, 0.4) is 0 Å². The fraction of sp³-hybridized carbons (Fsp3) is 0.259. The van der Waals surface area contributed by atoms with Crippen LogP contribution in [0.5, 0.6) is 0 Å². The van der Waals surface area contributed by atoms with Crippen LogP contribution in [0.15, 0.2) is 79.0 Å². The summed E-state index contributed by atoms with van der Waals surface area (Å²) < 4.78 is 0. The standard InChI is InChI=1S/C27H29Cl2N3O/c28-25-11-10-21(16-26(25)29)22(18-32-33-19-20-6-2-1-3-7-20)12-14-30-15-13-23-17-31-27-9-5-4-8-24(23)27/h1-11,16-17,22,30-32H,12-15,18-19H2. The highest BCUT2D eigenvalue weighted by Crippen LogP contribution is 2.28. The average Bonchev–Trinajstić information content (AvgIpc) is 3.26. The van der Waals surface area contributed by atoms with E-state index in [2.05, 4.69) is 58.4 Å². The molecule has 0 aliphatic heterocycles. The first-order valence-corrected chi connectivity index (χ1v) is 12.1. The summed E-state index contributed by atoms with van der Waals surface area (Å²) in [6.07, 6.45) is 4.05. The molecule has 3 aromatic carbocycles. The first-order chi connectivity index (χ1) is 16.2. The number of hydrogen-bond donors (Lipinski definition) is 3. The molecule has 4 aromatic rings. The first-order valence-electron chi connectivity index (χ1n) is 11.3. The van der Waals surface area contributed by atoms with Crippen molar-refractivity contribution in [3.05, 3.63) is 106 Å². The molecular weight excluding hydrogens is 453 g/mol. The summed E-state index contributed by atoms with van der Waals surface area (Å²) >= 11 is 12.4. The highest BCUT2D eigenvalue weighted by molar-refractivity contribution is 6.42. The maximum atomic E-state index is 6.29. The second-order valence-electron chi connectivity index (χ2n) is 8.14. The van der Waals surface area contributed by atoms with E-state index < -0.39 is 0 Å². The van der Waals surface area contributed by atoms with Crippen molar-refractivity contribution in [2.24, 2.45) is 0 Å². The Balaban J connectivity index is 1.27. The lowest BCUT2D eigenvalue weighted by Crippen LogP contribution is -2.26. The summed E-state index contributed by atoms with van der Waals surface area (Å²) in [4.78, 5) is 9.06. The molecule has 0 aliphatic rings. The quantitative estimate of drug-likeness (QED) is 0.160. The predicted octanol–water partition coefficient (Wildman–Crippen LogP) is 6.50. The zero-order valence-corrected chi connectivity index (χ0v) is 20.0. The van der Waals surface area contributed by atoms with E-state index >= 15 is 0 Å². The van der Waals surface area contributed by atoms with Crippen LogP contribution in [0.2, 0.25) is 10.0 Å². The van der Waals surface area contributed by atoms with Crippen LogP contribution in [-0.4, -0.2) is 24.6 Å². The molecule has 0 fully saturated rings. The van der Waals surface area contributed by atoms with Gasteiger partial charge in [0.15, 0.2) is 0 Å². The van der Waals surface area contributed by atoms with Gasteiger partial charge in [-0.15, -0.1) is 0 Å². The molecular formula is C27H29Cl2N3O. The van der Waals surface area contributed by atoms with Crippen LogP contribution < -0.4 is 10.8 Å². The van der Waals surface area contributed by atoms with Gasteiger partial charge >= 0.3 is 0 Å². The highest BCUT2D eigenvalue weighted by atomic mass is 35.5. The van der Waals surface area contributed by atoms with Crippen LogP contribution in [0.25, 0.3) is 10.9 Å². The van der Waals surface area contributed by atoms with Crippen molar-refractivity contribution in [3.63, 3.8) is 0 Å². The lowest BCUT2D eigenvalue weighted by molar-refractivity contribution is 0.0242. The van der Waals surface area contributed by atoms with Crippen molar-refractivity contribution < 1.29 is 4.84 Å². The Morgan fingerprint density at radius 1 is 0.879 bits per heavy atom. The summed E-state index contributed by atoms with van der Waals surface area (Å²) in [5.74, 6) is 0.246. The number of H-pyrrole nitrogens is 1. The van der Waals surface area contributed by atoms with Gasteiger partial charge in [-0.3, -0.25) is 4.84 Å². The predicted molar refractivity (Wildman–Crippen MR) is 138 cm³/mol. The van der Waals surface area contributed by atoms with Gasteiger partial charge in [-0.25, -0.2) is 5.48 Å². The Bertz CT molecular complexity index is 1150. The fourth-order valence-corrected chi connectivity index (χ4v) is 4.29. The minimum Gasteiger partial charge on any atom is -0.361 e. The van der Waals surface area contributed by atoms with Gasteiger partial charge in [0.25, 0.3) is 0 Å². The first kappa shape index (κ1) is 23.8. The number of benzene rings is 3. The number of rotatable bonds is 12. The third-order valence-electron chi connectivity index (χ3n) is 5.84. The van der Waals surface area contributed by atoms with E-state index in [4.69, 9.17) is 28.0 Å². The summed E-state index contributed by atoms with van der Waals surface area (Å²) in [7, 11) is 0. The molecule has 4 rings (SSSR count). The SMILES string of the molecule is Clc1ccc(C(CCNCCc2c[nH]c3ccccc23)CNOCc2ccccc2)cc1Cl. The van der Waals surface area contributed by atoms with E-state index in [9.17, 15) is 0 Å². The molecule has 0 saturated carbocycles. The summed E-state index contributed by atoms with van der Waals surface area (Å²) in [6.45, 7) is 3.04. The summed E-state index contributed by atoms with van der Waals surface area (Å²) in [6, 6.07) is 24.4. The van der Waals surface area contributed by atoms with Gasteiger partial charge < -0.3 is 10.3 Å². The lowest BCUT2D eigenvalue weighted by atomic mass is 9.96. The number of aromatic nitrogens is 1. The molecule has 0 bridgehead atoms. The van der Waals surface area contributed by atoms with Gasteiger partial charge in [0, 0.05) is 23.6 Å². The number of hydrogen-bond acceptors (Lipinski definition) is 3. The van der Waals surface area contributed by atoms with Crippen molar-refractivity contribution in [2.45, 2.75) is 25.4 Å². The largest absolute Gasteiger partial charge is 0.361 e. The Hall–Kier alpha value is -2.34. The maximum absolute atomic E-state index is 6.29. The molecule has 4 nitrogen and oxygen atoms in total. The van der Waals surface area contributed by atoms with Crippen molar-refractivity contribution in [1.29, 1.82) is 0 Å². The number of halogens is 2. The molecule has 0 aliphatic carbocycles. The molecule has 0 saturated heterocycles. The topological polar surface area (TPSA) is 49.1 Å². The van der Waals surface area contributed by atoms with Crippen molar-refractivity contribution in [2.75, 3.05) is 19.6 Å². The number of fused-ring (bicyclic) bond motifs is 1. The Labute approximate surface area is 205 Å². The number of para-hydroxylation sites is 1. The van der Waals surface area contributed by atoms with E-state index in [1.807, 2.05) is 36.4 Å². The zero-order valence-electron chi connectivity index (χ0n) is 18.5. The molecule has 0 amide bonds. The third kappa shape index (κ3) is 6.83. The van der Waals surface area contributed by atoms with Crippen LogP contribution in [0, 0.1) is 0 Å². The van der Waals surface area contributed by atoms with E-state index in [0.29, 0.717) is 23.2 Å². The van der Waals surface area contributed by atoms with Gasteiger partial charge in [-0.05, 0) is 66.7 Å². The van der Waals surface area contributed by atoms with E-state index in [1.54, 1.807) is 0 Å². The minimum absolute atomic E-state index is 0.246. The van der Waals surface area contributed by atoms with Crippen molar-refractivity contribution >= 4 is 34.1 Å². The second-order valence-corrected chi connectivity index (χ2v) is 8.96. The van der Waals surface area contributed by atoms with E-state index in [0.717, 1.165) is 37.1 Å². The van der Waals surface area contributed by atoms with Crippen molar-refractivity contribution in [3.8, 4) is 0 Å². The monoisotopic (exact) mass is 481 g/mol. The molecule has 6 heteroatoms. The summed E-state index contributed by atoms with van der Waals surface area (Å²) in [5.41, 5.74) is 7.96. The fourth-order valence-electron chi connectivity index (χ4n) is 3.98. The molecule has 1 unspecified atom stereocenters. The number of nitrogens with one attached hydrogen (secondary N) is 3. The van der Waals surface area contributed by atoms with Gasteiger partial charge in [-0.1, -0.05) is 77.8 Å². The Morgan fingerprint density at radius 3 is 2.55 bits per heavy atom. The van der Waals surface area contributed by atoms with E-state index in [-0.39, 0.29) is 5.92 Å². The molecule has 0 radical (unpaired) electrons. The molecule has 1 heterocycles. The zero-order chi connectivity index (χ0) is 22.9. The Kier molecular flexibility index (Phi) is 8.81. The Morgan fingerprint density at radius 2 is 1.70 bits per heavy atom. The van der Waals surface area contributed by atoms with Crippen LogP contribution in [-0.2, 0) is 17.9 Å². The molecule has 1 aromatic heterocycles. The maximum Gasteiger partial charge on any atom is 0.0933 e. The lowest BCUT2D eigenvalue weighted by Gasteiger charge is -2.19. The van der Waals surface area contributed by atoms with Gasteiger partial charge in [0.05, 0.1) is 16.7 Å². The molecule has 33 heavy (non-hydrogen) atoms. The van der Waals surface area contributed by atoms with Gasteiger partial charge in [-0.2, -0.15) is 0 Å². The second kappa shape index (κ2) is 12.2. The van der Waals surface area contributed by atoms with E-state index in [1.165, 1.54) is 16.5 Å². The molecule has 1 atom stereocenters. The van der Waals surface area contributed by atoms with Crippen LogP contribution >= 0.6 is 23.2 Å². The molecule has 172 valence electrons. The number of hydroxylamine groups is 1. The van der Waals surface area contributed by atoms with Crippen LogP contribution in [0.4, 0.5) is 0 Å². The van der Waals surface area contributed by atoms with Crippen molar-refractivity contribution in [1.82, 2.24) is 15.8 Å². The minimum atomic E-state index is 0.246. The third-order valence-corrected chi connectivity index (χ3v) is 6.58. The van der Waals surface area contributed by atoms with Crippen LogP contribution in [0.1, 0.15) is 29.0 Å². The number of aromatic amines is 1. The summed E-state index contributed by atoms with van der Waals surface area (Å²) in [5, 5.41) is 6.04. The molecule has 3 N–H and O–H groups in total. The van der Waals surface area contributed by atoms with Gasteiger partial charge in [0.2, 0.25) is 0 Å². The van der Waals surface area contributed by atoms with Gasteiger partial charge in [0.1, 0.15) is 0 Å². The average molecular weight is 482 g/mol. The smallest absolute Gasteiger partial charge is 0.0933 e. The highest BCUT2D eigenvalue weighted by Gasteiger charge is 2.13. The normalized spacial score (nSPS) is 12.3. The molecule has 0 spiro atoms.